The van der Waals surface area contributed by atoms with Crippen LogP contribution in [-0.2, 0) is 29.1 Å². The topological polar surface area (TPSA) is 93.8 Å². The molecule has 0 unspecified atom stereocenters. The van der Waals surface area contributed by atoms with E-state index in [9.17, 15) is 9.59 Å². The molecule has 0 aromatic carbocycles. The van der Waals surface area contributed by atoms with Gasteiger partial charge in [-0.3, -0.25) is 14.3 Å². The lowest BCUT2D eigenvalue weighted by Gasteiger charge is -2.06. The lowest BCUT2D eigenvalue weighted by atomic mass is 10.3. The Hall–Kier alpha value is -2.64. The molecule has 8 heteroatoms. The molecule has 22 heavy (non-hydrogen) atoms. The maximum absolute atomic E-state index is 11.9. The van der Waals surface area contributed by atoms with E-state index < -0.39 is 0 Å². The van der Waals surface area contributed by atoms with Crippen LogP contribution in [0.1, 0.15) is 19.2 Å². The highest BCUT2D eigenvalue weighted by atomic mass is 16.2. The Morgan fingerprint density at radius 2 is 2.14 bits per heavy atom. The number of carbonyl (C=O) groups is 2. The first-order valence-electron chi connectivity index (χ1n) is 7.15. The first-order valence-corrected chi connectivity index (χ1v) is 7.15. The van der Waals surface area contributed by atoms with Crippen LogP contribution in [0.5, 0.6) is 0 Å². The Balaban J connectivity index is 1.83. The molecule has 0 aliphatic heterocycles. The second kappa shape index (κ2) is 7.39. The molecule has 0 spiro atoms. The summed E-state index contributed by atoms with van der Waals surface area (Å²) >= 11 is 0. The van der Waals surface area contributed by atoms with Gasteiger partial charge < -0.3 is 15.2 Å². The minimum absolute atomic E-state index is 0.102. The number of anilines is 1. The van der Waals surface area contributed by atoms with Gasteiger partial charge in [0, 0.05) is 45.0 Å². The van der Waals surface area contributed by atoms with E-state index in [0.29, 0.717) is 18.7 Å². The van der Waals surface area contributed by atoms with Crippen molar-refractivity contribution in [1.29, 1.82) is 0 Å². The normalized spacial score (nSPS) is 10.5. The summed E-state index contributed by atoms with van der Waals surface area (Å²) in [7, 11) is 1.56. The van der Waals surface area contributed by atoms with E-state index in [1.54, 1.807) is 19.4 Å². The van der Waals surface area contributed by atoms with Crippen LogP contribution in [0, 0.1) is 0 Å². The second-order valence-electron chi connectivity index (χ2n) is 4.79. The molecule has 0 saturated carbocycles. The van der Waals surface area contributed by atoms with Crippen LogP contribution >= 0.6 is 0 Å². The number of likely N-dealkylation sites (N-methyl/N-ethyl adjacent to an activating group) is 1. The third-order valence-corrected chi connectivity index (χ3v) is 3.20. The lowest BCUT2D eigenvalue weighted by molar-refractivity contribution is -0.121. The van der Waals surface area contributed by atoms with Gasteiger partial charge in [-0.15, -0.1) is 0 Å². The van der Waals surface area contributed by atoms with Gasteiger partial charge in [0.1, 0.15) is 12.4 Å². The molecule has 2 aromatic heterocycles. The number of hydrogen-bond acceptors (Lipinski definition) is 4. The van der Waals surface area contributed by atoms with E-state index in [0.717, 1.165) is 12.2 Å². The molecule has 0 saturated heterocycles. The average molecular weight is 304 g/mol. The van der Waals surface area contributed by atoms with Gasteiger partial charge in [0.05, 0.1) is 11.9 Å². The predicted molar refractivity (Wildman–Crippen MR) is 81.1 cm³/mol. The van der Waals surface area contributed by atoms with E-state index in [1.807, 2.05) is 17.7 Å². The quantitative estimate of drug-likeness (QED) is 0.775. The third-order valence-electron chi connectivity index (χ3n) is 3.20. The van der Waals surface area contributed by atoms with Crippen molar-refractivity contribution in [1.82, 2.24) is 24.6 Å². The van der Waals surface area contributed by atoms with E-state index in [2.05, 4.69) is 20.7 Å². The smallest absolute Gasteiger partial charge is 0.241 e. The van der Waals surface area contributed by atoms with Crippen molar-refractivity contribution in [3.63, 3.8) is 0 Å². The molecule has 2 aromatic rings. The Morgan fingerprint density at radius 1 is 1.32 bits per heavy atom. The third kappa shape index (κ3) is 4.18. The molecule has 0 fully saturated rings. The molecule has 0 aliphatic rings. The van der Waals surface area contributed by atoms with Gasteiger partial charge in [0.25, 0.3) is 0 Å². The molecule has 2 rings (SSSR count). The Bertz CT molecular complexity index is 645. The van der Waals surface area contributed by atoms with Crippen LogP contribution in [0.15, 0.2) is 24.8 Å². The van der Waals surface area contributed by atoms with Gasteiger partial charge in [0.15, 0.2) is 0 Å². The summed E-state index contributed by atoms with van der Waals surface area (Å²) in [4.78, 5) is 27.4. The standard InChI is InChI=1S/C14H20N6O2/c1-3-12-16-5-7-19(12)6-4-13(21)18-11-8-17-20(9-11)10-14(22)15-2/h5,7-9H,3-4,6,10H2,1-2H3,(H,15,22)(H,18,21). The van der Waals surface area contributed by atoms with Crippen molar-refractivity contribution in [2.24, 2.45) is 0 Å². The summed E-state index contributed by atoms with van der Waals surface area (Å²) in [6.07, 6.45) is 7.94. The van der Waals surface area contributed by atoms with Crippen molar-refractivity contribution in [3.8, 4) is 0 Å². The highest BCUT2D eigenvalue weighted by Gasteiger charge is 2.08. The number of nitrogens with one attached hydrogen (secondary N) is 2. The molecule has 2 amide bonds. The van der Waals surface area contributed by atoms with Crippen molar-refractivity contribution >= 4 is 17.5 Å². The van der Waals surface area contributed by atoms with Crippen LogP contribution < -0.4 is 10.6 Å². The molecule has 0 aliphatic carbocycles. The van der Waals surface area contributed by atoms with Gasteiger partial charge in [0.2, 0.25) is 11.8 Å². The SMILES string of the molecule is CCc1nccn1CCC(=O)Nc1cnn(CC(=O)NC)c1. The van der Waals surface area contributed by atoms with Crippen LogP contribution in [0.2, 0.25) is 0 Å². The van der Waals surface area contributed by atoms with Crippen LogP contribution in [0.3, 0.4) is 0 Å². The summed E-state index contributed by atoms with van der Waals surface area (Å²) in [6, 6.07) is 0. The number of nitrogens with zero attached hydrogens (tertiary/aromatic N) is 4. The van der Waals surface area contributed by atoms with Crippen LogP contribution in [0.4, 0.5) is 5.69 Å². The number of aromatic nitrogens is 4. The largest absolute Gasteiger partial charge is 0.358 e. The molecule has 118 valence electrons. The zero-order valence-corrected chi connectivity index (χ0v) is 12.7. The number of carbonyl (C=O) groups excluding carboxylic acids is 2. The van der Waals surface area contributed by atoms with Crippen LogP contribution in [-0.4, -0.2) is 38.2 Å². The van der Waals surface area contributed by atoms with Gasteiger partial charge in [-0.25, -0.2) is 4.98 Å². The lowest BCUT2D eigenvalue weighted by Crippen LogP contribution is -2.23. The second-order valence-corrected chi connectivity index (χ2v) is 4.79. The number of imidazole rings is 1. The molecule has 8 nitrogen and oxygen atoms in total. The minimum atomic E-state index is -0.145. The fraction of sp³-hybridized carbons (Fsp3) is 0.429. The van der Waals surface area contributed by atoms with Gasteiger partial charge in [-0.2, -0.15) is 5.10 Å². The molecule has 0 atom stereocenters. The Labute approximate surface area is 128 Å². The Kier molecular flexibility index (Phi) is 5.29. The predicted octanol–water partition coefficient (Wildman–Crippen LogP) is 0.417. The highest BCUT2D eigenvalue weighted by molar-refractivity contribution is 5.90. The van der Waals surface area contributed by atoms with Crippen molar-refractivity contribution < 1.29 is 9.59 Å². The number of hydrogen-bond donors (Lipinski definition) is 2. The van der Waals surface area contributed by atoms with Crippen molar-refractivity contribution in [2.75, 3.05) is 12.4 Å². The van der Waals surface area contributed by atoms with Crippen molar-refractivity contribution in [2.45, 2.75) is 32.9 Å². The summed E-state index contributed by atoms with van der Waals surface area (Å²) in [5, 5.41) is 9.30. The molecular weight excluding hydrogens is 284 g/mol. The fourth-order valence-electron chi connectivity index (χ4n) is 2.04. The molecule has 2 N–H and O–H groups in total. The summed E-state index contributed by atoms with van der Waals surface area (Å²) in [5.74, 6) is 0.717. The zero-order chi connectivity index (χ0) is 15.9. The molecule has 2 heterocycles. The highest BCUT2D eigenvalue weighted by Crippen LogP contribution is 2.06. The number of amides is 2. The monoisotopic (exact) mass is 304 g/mol. The number of aryl methyl sites for hydroxylation is 2. The Morgan fingerprint density at radius 3 is 2.86 bits per heavy atom. The maximum atomic E-state index is 11.9. The summed E-state index contributed by atoms with van der Waals surface area (Å²) in [5.41, 5.74) is 0.579. The summed E-state index contributed by atoms with van der Waals surface area (Å²) < 4.78 is 3.44. The van der Waals surface area contributed by atoms with E-state index in [-0.39, 0.29) is 18.4 Å². The summed E-state index contributed by atoms with van der Waals surface area (Å²) in [6.45, 7) is 2.74. The van der Waals surface area contributed by atoms with E-state index in [1.165, 1.54) is 10.9 Å². The zero-order valence-electron chi connectivity index (χ0n) is 12.7. The molecule has 0 bridgehead atoms. The average Bonchev–Trinajstić information content (AvgIpc) is 3.13. The molecular formula is C14H20N6O2. The van der Waals surface area contributed by atoms with E-state index in [4.69, 9.17) is 0 Å². The number of rotatable bonds is 7. The molecule has 0 radical (unpaired) electrons. The van der Waals surface area contributed by atoms with Gasteiger partial charge in [-0.05, 0) is 0 Å². The van der Waals surface area contributed by atoms with Gasteiger partial charge in [-0.1, -0.05) is 6.92 Å². The van der Waals surface area contributed by atoms with E-state index >= 15 is 0 Å². The van der Waals surface area contributed by atoms with Crippen molar-refractivity contribution in [3.05, 3.63) is 30.6 Å². The first-order chi connectivity index (χ1) is 10.6. The fourth-order valence-corrected chi connectivity index (χ4v) is 2.04. The first kappa shape index (κ1) is 15.7. The van der Waals surface area contributed by atoms with Crippen LogP contribution in [0.25, 0.3) is 0 Å². The van der Waals surface area contributed by atoms with Gasteiger partial charge >= 0.3 is 0 Å². The minimum Gasteiger partial charge on any atom is -0.358 e. The maximum Gasteiger partial charge on any atom is 0.241 e.